The number of ether oxygens (including phenoxy) is 2. The molecule has 0 aliphatic carbocycles. The highest BCUT2D eigenvalue weighted by Crippen LogP contribution is 2.34. The zero-order chi connectivity index (χ0) is 24.6. The molecule has 3 aromatic carbocycles. The number of halogens is 1. The van der Waals surface area contributed by atoms with Crippen molar-refractivity contribution in [3.8, 4) is 5.75 Å². The molecule has 1 saturated heterocycles. The minimum absolute atomic E-state index is 0.0669. The van der Waals surface area contributed by atoms with Gasteiger partial charge in [-0.3, -0.25) is 9.59 Å². The fourth-order valence-corrected chi connectivity index (χ4v) is 4.02. The fourth-order valence-electron chi connectivity index (χ4n) is 3.73. The first-order valence-electron chi connectivity index (χ1n) is 11.2. The highest BCUT2D eigenvalue weighted by Gasteiger charge is 2.18. The van der Waals surface area contributed by atoms with Crippen molar-refractivity contribution in [3.63, 3.8) is 0 Å². The standard InChI is InChI=1S/C26H27ClN4O4/c1-34-21-11-9-20(10-12-21)30-26(33)18-5-7-19(8-6-18)29-24(32)17-28-23-4-2-3-22(27)25(23)31-13-15-35-16-14-31/h2-12,28H,13-17H2,1H3,(H,29,32)(H,30,33). The van der Waals surface area contributed by atoms with Gasteiger partial charge in [-0.05, 0) is 60.7 Å². The molecule has 0 aromatic heterocycles. The quantitative estimate of drug-likeness (QED) is 0.427. The van der Waals surface area contributed by atoms with E-state index in [9.17, 15) is 9.59 Å². The van der Waals surface area contributed by atoms with Crippen LogP contribution in [0.25, 0.3) is 0 Å². The van der Waals surface area contributed by atoms with E-state index in [0.717, 1.165) is 24.5 Å². The number of hydrogen-bond acceptors (Lipinski definition) is 6. The van der Waals surface area contributed by atoms with Crippen molar-refractivity contribution in [3.05, 3.63) is 77.3 Å². The largest absolute Gasteiger partial charge is 0.497 e. The monoisotopic (exact) mass is 494 g/mol. The van der Waals surface area contributed by atoms with Gasteiger partial charge in [0.25, 0.3) is 5.91 Å². The van der Waals surface area contributed by atoms with Crippen LogP contribution in [0.15, 0.2) is 66.7 Å². The van der Waals surface area contributed by atoms with E-state index < -0.39 is 0 Å². The molecule has 3 N–H and O–H groups in total. The smallest absolute Gasteiger partial charge is 0.255 e. The Hall–Kier alpha value is -3.75. The van der Waals surface area contributed by atoms with Gasteiger partial charge in [-0.15, -0.1) is 0 Å². The molecule has 1 aliphatic heterocycles. The van der Waals surface area contributed by atoms with Crippen LogP contribution in [0, 0.1) is 0 Å². The minimum atomic E-state index is -0.244. The number of nitrogens with zero attached hydrogens (tertiary/aromatic N) is 1. The lowest BCUT2D eigenvalue weighted by atomic mass is 10.2. The third-order valence-electron chi connectivity index (χ3n) is 5.53. The third kappa shape index (κ3) is 6.44. The fraction of sp³-hybridized carbons (Fsp3) is 0.231. The van der Waals surface area contributed by atoms with Crippen molar-refractivity contribution in [2.24, 2.45) is 0 Å². The number of anilines is 4. The molecule has 3 aromatic rings. The molecule has 8 nitrogen and oxygen atoms in total. The number of nitrogens with one attached hydrogen (secondary N) is 3. The van der Waals surface area contributed by atoms with Gasteiger partial charge in [0.05, 0.1) is 43.3 Å². The van der Waals surface area contributed by atoms with Crippen LogP contribution >= 0.6 is 11.6 Å². The summed E-state index contributed by atoms with van der Waals surface area (Å²) in [5.74, 6) is 0.255. The number of para-hydroxylation sites is 1. The van der Waals surface area contributed by atoms with E-state index in [-0.39, 0.29) is 18.4 Å². The van der Waals surface area contributed by atoms with Gasteiger partial charge >= 0.3 is 0 Å². The first kappa shape index (κ1) is 24.4. The maximum Gasteiger partial charge on any atom is 0.255 e. The predicted molar refractivity (Wildman–Crippen MR) is 139 cm³/mol. The summed E-state index contributed by atoms with van der Waals surface area (Å²) in [5, 5.41) is 9.48. The number of amides is 2. The summed E-state index contributed by atoms with van der Waals surface area (Å²) >= 11 is 6.45. The van der Waals surface area contributed by atoms with E-state index in [1.54, 1.807) is 55.6 Å². The molecule has 0 spiro atoms. The Morgan fingerprint density at radius 3 is 2.29 bits per heavy atom. The minimum Gasteiger partial charge on any atom is -0.497 e. The van der Waals surface area contributed by atoms with Gasteiger partial charge in [0.1, 0.15) is 5.75 Å². The molecule has 4 rings (SSSR count). The first-order chi connectivity index (χ1) is 17.0. The molecule has 0 atom stereocenters. The van der Waals surface area contributed by atoms with Gasteiger partial charge in [0.2, 0.25) is 5.91 Å². The molecule has 1 fully saturated rings. The van der Waals surface area contributed by atoms with Crippen LogP contribution in [0.3, 0.4) is 0 Å². The number of methoxy groups -OCH3 is 1. The van der Waals surface area contributed by atoms with Crippen molar-refractivity contribution in [2.45, 2.75) is 0 Å². The zero-order valence-electron chi connectivity index (χ0n) is 19.3. The van der Waals surface area contributed by atoms with Gasteiger partial charge in [-0.1, -0.05) is 17.7 Å². The maximum absolute atomic E-state index is 12.5. The molecule has 0 bridgehead atoms. The molecule has 9 heteroatoms. The summed E-state index contributed by atoms with van der Waals surface area (Å²) in [7, 11) is 1.59. The van der Waals surface area contributed by atoms with Gasteiger partial charge < -0.3 is 30.3 Å². The molecule has 0 saturated carbocycles. The summed E-state index contributed by atoms with van der Waals surface area (Å²) in [5.41, 5.74) is 3.40. The molecule has 0 unspecified atom stereocenters. The van der Waals surface area contributed by atoms with Crippen LogP contribution in [-0.2, 0) is 9.53 Å². The van der Waals surface area contributed by atoms with E-state index in [4.69, 9.17) is 21.1 Å². The topological polar surface area (TPSA) is 91.9 Å². The van der Waals surface area contributed by atoms with E-state index in [2.05, 4.69) is 20.9 Å². The predicted octanol–water partition coefficient (Wildman–Crippen LogP) is 4.49. The van der Waals surface area contributed by atoms with Crippen molar-refractivity contribution >= 4 is 46.2 Å². The van der Waals surface area contributed by atoms with Gasteiger partial charge in [0.15, 0.2) is 0 Å². The Balaban J connectivity index is 1.32. The maximum atomic E-state index is 12.5. The third-order valence-corrected chi connectivity index (χ3v) is 5.84. The molecule has 1 aliphatic rings. The summed E-state index contributed by atoms with van der Waals surface area (Å²) in [6, 6.07) is 19.4. The average molecular weight is 495 g/mol. The van der Waals surface area contributed by atoms with Crippen molar-refractivity contribution in [1.82, 2.24) is 0 Å². The molecular weight excluding hydrogens is 468 g/mol. The SMILES string of the molecule is COc1ccc(NC(=O)c2ccc(NC(=O)CNc3cccc(Cl)c3N3CCOCC3)cc2)cc1. The second-order valence-electron chi connectivity index (χ2n) is 7.90. The number of benzene rings is 3. The number of carbonyl (C=O) groups is 2. The molecule has 2 amide bonds. The van der Waals surface area contributed by atoms with Crippen molar-refractivity contribution < 1.29 is 19.1 Å². The van der Waals surface area contributed by atoms with E-state index in [1.807, 2.05) is 18.2 Å². The first-order valence-corrected chi connectivity index (χ1v) is 11.6. The Bertz CT molecular complexity index is 1160. The lowest BCUT2D eigenvalue weighted by Crippen LogP contribution is -2.37. The highest BCUT2D eigenvalue weighted by atomic mass is 35.5. The number of morpholine rings is 1. The van der Waals surface area contributed by atoms with Gasteiger partial charge in [-0.2, -0.15) is 0 Å². The lowest BCUT2D eigenvalue weighted by molar-refractivity contribution is -0.114. The highest BCUT2D eigenvalue weighted by molar-refractivity contribution is 6.34. The zero-order valence-corrected chi connectivity index (χ0v) is 20.1. The summed E-state index contributed by atoms with van der Waals surface area (Å²) in [6.07, 6.45) is 0. The Morgan fingerprint density at radius 1 is 0.943 bits per heavy atom. The van der Waals surface area contributed by atoms with E-state index in [1.165, 1.54) is 0 Å². The summed E-state index contributed by atoms with van der Waals surface area (Å²) < 4.78 is 10.5. The second kappa shape index (κ2) is 11.6. The van der Waals surface area contributed by atoms with Crippen LogP contribution in [0.5, 0.6) is 5.75 Å². The molecule has 1 heterocycles. The van der Waals surface area contributed by atoms with Crippen LogP contribution in [0.1, 0.15) is 10.4 Å². The molecule has 35 heavy (non-hydrogen) atoms. The average Bonchev–Trinajstić information content (AvgIpc) is 2.89. The van der Waals surface area contributed by atoms with E-state index >= 15 is 0 Å². The van der Waals surface area contributed by atoms with Crippen LogP contribution in [0.4, 0.5) is 22.7 Å². The van der Waals surface area contributed by atoms with Gasteiger partial charge in [-0.25, -0.2) is 0 Å². The van der Waals surface area contributed by atoms with Crippen LogP contribution in [-0.4, -0.2) is 51.8 Å². The van der Waals surface area contributed by atoms with Crippen LogP contribution < -0.4 is 25.6 Å². The number of rotatable bonds is 8. The van der Waals surface area contributed by atoms with Gasteiger partial charge in [0, 0.05) is 30.0 Å². The number of hydrogen-bond donors (Lipinski definition) is 3. The van der Waals surface area contributed by atoms with Crippen LogP contribution in [0.2, 0.25) is 5.02 Å². The van der Waals surface area contributed by atoms with Crippen molar-refractivity contribution in [2.75, 3.05) is 60.8 Å². The second-order valence-corrected chi connectivity index (χ2v) is 8.30. The molecule has 182 valence electrons. The molecule has 0 radical (unpaired) electrons. The van der Waals surface area contributed by atoms with E-state index in [0.29, 0.717) is 40.9 Å². The Kier molecular flexibility index (Phi) is 8.07. The summed E-state index contributed by atoms with van der Waals surface area (Å²) in [6.45, 7) is 2.82. The Labute approximate surface area is 209 Å². The Morgan fingerprint density at radius 2 is 1.60 bits per heavy atom. The lowest BCUT2D eigenvalue weighted by Gasteiger charge is -2.31. The number of carbonyl (C=O) groups excluding carboxylic acids is 2. The summed E-state index contributed by atoms with van der Waals surface area (Å²) in [4.78, 5) is 27.2. The molecular formula is C26H27ClN4O4. The normalized spacial score (nSPS) is 13.1. The van der Waals surface area contributed by atoms with Crippen molar-refractivity contribution in [1.29, 1.82) is 0 Å².